The Morgan fingerprint density at radius 2 is 1.93 bits per heavy atom. The second kappa shape index (κ2) is 9.05. The molecule has 2 N–H and O–H groups in total. The quantitative estimate of drug-likeness (QED) is 0.798. The monoisotopic (exact) mass is 398 g/mol. The van der Waals surface area contributed by atoms with Crippen LogP contribution in [0.3, 0.4) is 0 Å². The zero-order valence-corrected chi connectivity index (χ0v) is 16.4. The maximum absolute atomic E-state index is 11.9. The zero-order chi connectivity index (χ0) is 20.8. The van der Waals surface area contributed by atoms with Gasteiger partial charge < -0.3 is 15.4 Å². The summed E-state index contributed by atoms with van der Waals surface area (Å²) in [5, 5.41) is 0.916. The van der Waals surface area contributed by atoms with Crippen LogP contribution in [0.15, 0.2) is 89.9 Å². The SMILES string of the molecule is NC(=O)C1=CC2CN1C\C=N/C=C\C=C/C=C\C=C/c1ccc3nccc(c3c1)O2. The number of pyridine rings is 1. The summed E-state index contributed by atoms with van der Waals surface area (Å²) in [7, 11) is 0. The van der Waals surface area contributed by atoms with Gasteiger partial charge in [-0.05, 0) is 35.9 Å². The van der Waals surface area contributed by atoms with Crippen LogP contribution in [0.25, 0.3) is 17.0 Å². The summed E-state index contributed by atoms with van der Waals surface area (Å²) in [6.45, 7) is 0.981. The van der Waals surface area contributed by atoms with E-state index in [1.807, 2.05) is 71.7 Å². The van der Waals surface area contributed by atoms with E-state index in [1.54, 1.807) is 24.7 Å². The third kappa shape index (κ3) is 4.55. The number of nitrogens with zero attached hydrogens (tertiary/aromatic N) is 3. The standard InChI is InChI=1S/C24H22N4O2/c25-24(29)22-16-19-17-28(22)14-13-26-11-6-4-2-1-3-5-7-18-8-9-21-20(15-18)23(30-19)10-12-27-21/h1-13,15-16,19H,14,17H2,(H2,25,29)/b3-1-,4-2-,7-5-,11-6-,26-13-. The molecular weight excluding hydrogens is 376 g/mol. The molecule has 0 fully saturated rings. The van der Waals surface area contributed by atoms with Crippen LogP contribution in [0.1, 0.15) is 5.56 Å². The van der Waals surface area contributed by atoms with Gasteiger partial charge in [0.05, 0.1) is 18.6 Å². The molecule has 1 unspecified atom stereocenters. The zero-order valence-electron chi connectivity index (χ0n) is 16.4. The maximum atomic E-state index is 11.9. The summed E-state index contributed by atoms with van der Waals surface area (Å²) >= 11 is 0. The number of aliphatic imine (C=N–C) groups is 1. The highest BCUT2D eigenvalue weighted by molar-refractivity contribution is 5.92. The molecule has 6 heteroatoms. The van der Waals surface area contributed by atoms with Crippen molar-refractivity contribution in [2.24, 2.45) is 10.7 Å². The third-order valence-corrected chi connectivity index (χ3v) is 4.76. The predicted molar refractivity (Wildman–Crippen MR) is 120 cm³/mol. The molecule has 0 radical (unpaired) electrons. The first-order valence-corrected chi connectivity index (χ1v) is 9.71. The molecule has 1 atom stereocenters. The average molecular weight is 398 g/mol. The van der Waals surface area contributed by atoms with Gasteiger partial charge in [-0.25, -0.2) is 0 Å². The first-order chi connectivity index (χ1) is 14.7. The van der Waals surface area contributed by atoms with E-state index >= 15 is 0 Å². The van der Waals surface area contributed by atoms with Crippen molar-refractivity contribution in [3.63, 3.8) is 0 Å². The molecule has 6 nitrogen and oxygen atoms in total. The second-order valence-electron chi connectivity index (χ2n) is 6.87. The largest absolute Gasteiger partial charge is 0.484 e. The van der Waals surface area contributed by atoms with Crippen LogP contribution in [-0.4, -0.2) is 41.2 Å². The number of fused-ring (bicyclic) bond motifs is 3. The Morgan fingerprint density at radius 3 is 2.80 bits per heavy atom. The highest BCUT2D eigenvalue weighted by Crippen LogP contribution is 2.28. The summed E-state index contributed by atoms with van der Waals surface area (Å²) in [5.41, 5.74) is 7.90. The molecule has 2 aliphatic rings. The fraction of sp³-hybridized carbons (Fsp3) is 0.125. The Balaban J connectivity index is 1.72. The number of ether oxygens (including phenoxy) is 1. The third-order valence-electron chi connectivity index (χ3n) is 4.76. The van der Waals surface area contributed by atoms with Crippen LogP contribution in [0.2, 0.25) is 0 Å². The van der Waals surface area contributed by atoms with Crippen molar-refractivity contribution in [2.75, 3.05) is 13.1 Å². The molecule has 30 heavy (non-hydrogen) atoms. The van der Waals surface area contributed by atoms with Crippen LogP contribution >= 0.6 is 0 Å². The molecule has 1 aromatic heterocycles. The lowest BCUT2D eigenvalue weighted by molar-refractivity contribution is -0.115. The number of carbonyl (C=O) groups is 1. The first kappa shape index (κ1) is 19.4. The number of carbonyl (C=O) groups excluding carboxylic acids is 1. The second-order valence-corrected chi connectivity index (χ2v) is 6.87. The summed E-state index contributed by atoms with van der Waals surface area (Å²) in [5.74, 6) is 0.240. The van der Waals surface area contributed by atoms with Crippen molar-refractivity contribution in [3.8, 4) is 5.75 Å². The van der Waals surface area contributed by atoms with Gasteiger partial charge in [0.2, 0.25) is 0 Å². The lowest BCUT2D eigenvalue weighted by Crippen LogP contribution is -2.32. The van der Waals surface area contributed by atoms with Gasteiger partial charge in [-0.2, -0.15) is 0 Å². The molecular formula is C24H22N4O2. The minimum atomic E-state index is -0.478. The van der Waals surface area contributed by atoms with Crippen molar-refractivity contribution < 1.29 is 9.53 Å². The van der Waals surface area contributed by atoms with E-state index < -0.39 is 5.91 Å². The van der Waals surface area contributed by atoms with E-state index in [1.165, 1.54) is 0 Å². The molecule has 4 bridgehead atoms. The minimum absolute atomic E-state index is 0.297. The molecule has 0 aliphatic carbocycles. The predicted octanol–water partition coefficient (Wildman–Crippen LogP) is 3.39. The number of hydrogen-bond acceptors (Lipinski definition) is 5. The Kier molecular flexibility index (Phi) is 5.85. The summed E-state index contributed by atoms with van der Waals surface area (Å²) in [4.78, 5) is 22.4. The molecule has 150 valence electrons. The number of allylic oxidation sites excluding steroid dienone is 6. The Hall–Kier alpha value is -3.93. The first-order valence-electron chi connectivity index (χ1n) is 9.71. The van der Waals surface area contributed by atoms with Gasteiger partial charge in [0, 0.05) is 24.0 Å². The molecule has 2 aromatic rings. The number of nitrogens with two attached hydrogens (primary N) is 1. The van der Waals surface area contributed by atoms with E-state index in [2.05, 4.69) is 9.98 Å². The summed E-state index contributed by atoms with van der Waals surface area (Å²) in [6, 6.07) is 7.88. The lowest BCUT2D eigenvalue weighted by atomic mass is 10.1. The van der Waals surface area contributed by atoms with Gasteiger partial charge in [-0.15, -0.1) is 0 Å². The van der Waals surface area contributed by atoms with Crippen LogP contribution in [-0.2, 0) is 4.79 Å². The molecule has 2 aliphatic heterocycles. The van der Waals surface area contributed by atoms with Crippen molar-refractivity contribution in [3.05, 3.63) is 90.5 Å². The number of hydrogen-bond donors (Lipinski definition) is 1. The van der Waals surface area contributed by atoms with Gasteiger partial charge >= 0.3 is 0 Å². The van der Waals surface area contributed by atoms with E-state index in [0.29, 0.717) is 18.8 Å². The van der Waals surface area contributed by atoms with Crippen LogP contribution in [0, 0.1) is 0 Å². The molecule has 0 saturated heterocycles. The fourth-order valence-corrected chi connectivity index (χ4v) is 3.37. The number of amides is 1. The molecule has 0 spiro atoms. The maximum Gasteiger partial charge on any atom is 0.264 e. The van der Waals surface area contributed by atoms with Gasteiger partial charge in [-0.1, -0.05) is 42.5 Å². The topological polar surface area (TPSA) is 80.8 Å². The Morgan fingerprint density at radius 1 is 1.10 bits per heavy atom. The lowest BCUT2D eigenvalue weighted by Gasteiger charge is -2.20. The van der Waals surface area contributed by atoms with E-state index in [-0.39, 0.29) is 6.10 Å². The van der Waals surface area contributed by atoms with Crippen molar-refractivity contribution in [1.82, 2.24) is 9.88 Å². The van der Waals surface area contributed by atoms with Crippen LogP contribution < -0.4 is 10.5 Å². The van der Waals surface area contributed by atoms with Crippen molar-refractivity contribution in [2.45, 2.75) is 6.10 Å². The molecule has 1 aromatic carbocycles. The van der Waals surface area contributed by atoms with Crippen molar-refractivity contribution in [1.29, 1.82) is 0 Å². The number of rotatable bonds is 1. The summed E-state index contributed by atoms with van der Waals surface area (Å²) in [6.07, 6.45) is 20.2. The summed E-state index contributed by atoms with van der Waals surface area (Å²) < 4.78 is 6.24. The average Bonchev–Trinajstić information content (AvgIpc) is 3.14. The smallest absolute Gasteiger partial charge is 0.264 e. The molecule has 1 amide bonds. The fourth-order valence-electron chi connectivity index (χ4n) is 3.37. The van der Waals surface area contributed by atoms with Gasteiger partial charge in [-0.3, -0.25) is 14.8 Å². The number of aromatic nitrogens is 1. The van der Waals surface area contributed by atoms with E-state index in [9.17, 15) is 4.79 Å². The Bertz CT molecular complexity index is 1130. The highest BCUT2D eigenvalue weighted by Gasteiger charge is 2.27. The van der Waals surface area contributed by atoms with Crippen LogP contribution in [0.4, 0.5) is 0 Å². The minimum Gasteiger partial charge on any atom is -0.484 e. The van der Waals surface area contributed by atoms with Crippen LogP contribution in [0.5, 0.6) is 5.75 Å². The molecule has 0 saturated carbocycles. The van der Waals surface area contributed by atoms with Crippen molar-refractivity contribution >= 4 is 29.1 Å². The molecule has 4 rings (SSSR count). The van der Waals surface area contributed by atoms with Gasteiger partial charge in [0.25, 0.3) is 5.91 Å². The number of benzene rings is 1. The van der Waals surface area contributed by atoms with E-state index in [0.717, 1.165) is 22.2 Å². The molecule has 3 heterocycles. The van der Waals surface area contributed by atoms with Gasteiger partial charge in [0.1, 0.15) is 17.6 Å². The normalized spacial score (nSPS) is 24.1. The highest BCUT2D eigenvalue weighted by atomic mass is 16.5. The number of primary amides is 1. The van der Waals surface area contributed by atoms with E-state index in [4.69, 9.17) is 10.5 Å². The van der Waals surface area contributed by atoms with Gasteiger partial charge in [0.15, 0.2) is 0 Å². The Labute approximate surface area is 175 Å².